The summed E-state index contributed by atoms with van der Waals surface area (Å²) in [6.45, 7) is 1.96. The molecule has 0 aliphatic carbocycles. The van der Waals surface area contributed by atoms with Gasteiger partial charge < -0.3 is 9.73 Å². The van der Waals surface area contributed by atoms with E-state index in [1.165, 1.54) is 11.8 Å². The molecule has 0 aliphatic rings. The van der Waals surface area contributed by atoms with Crippen LogP contribution in [-0.4, -0.2) is 33.1 Å². The summed E-state index contributed by atoms with van der Waals surface area (Å²) in [5.74, 6) is 0.597. The zero-order valence-corrected chi connectivity index (χ0v) is 16.1. The van der Waals surface area contributed by atoms with Gasteiger partial charge in [-0.2, -0.15) is 0 Å². The van der Waals surface area contributed by atoms with E-state index in [0.717, 1.165) is 21.3 Å². The van der Waals surface area contributed by atoms with E-state index in [4.69, 9.17) is 4.42 Å². The first kappa shape index (κ1) is 18.0. The van der Waals surface area contributed by atoms with Crippen molar-refractivity contribution in [2.24, 2.45) is 0 Å². The van der Waals surface area contributed by atoms with E-state index in [1.807, 2.05) is 42.8 Å². The number of carbonyl (C=O) groups excluding carboxylic acids is 1. The molecule has 0 saturated carbocycles. The summed E-state index contributed by atoms with van der Waals surface area (Å²) in [4.78, 5) is 17.5. The third-order valence-electron chi connectivity index (χ3n) is 3.13. The molecule has 1 amide bonds. The van der Waals surface area contributed by atoms with Gasteiger partial charge in [0.1, 0.15) is 0 Å². The van der Waals surface area contributed by atoms with Crippen molar-refractivity contribution in [2.45, 2.75) is 23.5 Å². The van der Waals surface area contributed by atoms with Gasteiger partial charge in [-0.3, -0.25) is 4.79 Å². The van der Waals surface area contributed by atoms with E-state index >= 15 is 0 Å². The number of thiazole rings is 1. The predicted molar refractivity (Wildman–Crippen MR) is 102 cm³/mol. The Labute approximate surface area is 157 Å². The van der Waals surface area contributed by atoms with Crippen LogP contribution in [0.2, 0.25) is 0 Å². The molecule has 1 aromatic carbocycles. The highest BCUT2D eigenvalue weighted by Gasteiger charge is 2.11. The van der Waals surface area contributed by atoms with Gasteiger partial charge in [-0.1, -0.05) is 17.8 Å². The van der Waals surface area contributed by atoms with Crippen molar-refractivity contribution >= 4 is 46.5 Å². The number of aromatic nitrogens is 3. The molecule has 0 aliphatic heterocycles. The van der Waals surface area contributed by atoms with Crippen molar-refractivity contribution < 1.29 is 9.21 Å². The number of nitrogens with zero attached hydrogens (tertiary/aromatic N) is 3. The number of hydrogen-bond donors (Lipinski definition) is 1. The molecule has 25 heavy (non-hydrogen) atoms. The van der Waals surface area contributed by atoms with Crippen molar-refractivity contribution in [3.63, 3.8) is 0 Å². The Balaban J connectivity index is 1.50. The lowest BCUT2D eigenvalue weighted by Gasteiger charge is -2.05. The Kier molecular flexibility index (Phi) is 6.11. The fraction of sp³-hybridized carbons (Fsp3) is 0.250. The van der Waals surface area contributed by atoms with Crippen LogP contribution in [0.15, 0.2) is 44.2 Å². The van der Waals surface area contributed by atoms with E-state index in [-0.39, 0.29) is 11.7 Å². The fourth-order valence-electron chi connectivity index (χ4n) is 2.04. The van der Waals surface area contributed by atoms with Crippen LogP contribution in [0.25, 0.3) is 0 Å². The minimum Gasteiger partial charge on any atom is -0.416 e. The molecule has 130 valence electrons. The lowest BCUT2D eigenvalue weighted by Crippen LogP contribution is -2.13. The van der Waals surface area contributed by atoms with Crippen molar-refractivity contribution in [3.05, 3.63) is 46.2 Å². The molecule has 9 heteroatoms. The largest absolute Gasteiger partial charge is 0.416 e. The second-order valence-electron chi connectivity index (χ2n) is 5.07. The third-order valence-corrected chi connectivity index (χ3v) is 5.49. The highest BCUT2D eigenvalue weighted by Crippen LogP contribution is 2.21. The Morgan fingerprint density at radius 3 is 3.00 bits per heavy atom. The van der Waals surface area contributed by atoms with Gasteiger partial charge in [-0.15, -0.1) is 33.3 Å². The van der Waals surface area contributed by atoms with Crippen molar-refractivity contribution in [3.8, 4) is 0 Å². The molecule has 0 fully saturated rings. The van der Waals surface area contributed by atoms with Gasteiger partial charge in [0.05, 0.1) is 22.9 Å². The molecule has 3 rings (SSSR count). The topological polar surface area (TPSA) is 80.9 Å². The molecule has 0 spiro atoms. The molecule has 0 bridgehead atoms. The number of hydrogen-bond acceptors (Lipinski definition) is 8. The molecule has 0 radical (unpaired) electrons. The highest BCUT2D eigenvalue weighted by molar-refractivity contribution is 7.99. The zero-order chi connectivity index (χ0) is 17.6. The molecule has 0 unspecified atom stereocenters. The number of anilines is 1. The maximum atomic E-state index is 12.0. The van der Waals surface area contributed by atoms with Crippen molar-refractivity contribution in [1.29, 1.82) is 0 Å². The van der Waals surface area contributed by atoms with E-state index in [2.05, 4.69) is 20.5 Å². The molecule has 2 aromatic heterocycles. The van der Waals surface area contributed by atoms with Crippen LogP contribution >= 0.6 is 34.9 Å². The first-order valence-electron chi connectivity index (χ1n) is 7.42. The third kappa shape index (κ3) is 5.32. The van der Waals surface area contributed by atoms with Crippen LogP contribution in [-0.2, 0) is 11.2 Å². The summed E-state index contributed by atoms with van der Waals surface area (Å²) >= 11 is 4.44. The van der Waals surface area contributed by atoms with E-state index < -0.39 is 0 Å². The minimum absolute atomic E-state index is 0.113. The minimum atomic E-state index is -0.113. The second kappa shape index (κ2) is 8.50. The Morgan fingerprint density at radius 1 is 1.36 bits per heavy atom. The van der Waals surface area contributed by atoms with Gasteiger partial charge in [0.25, 0.3) is 5.22 Å². The summed E-state index contributed by atoms with van der Waals surface area (Å²) < 4.78 is 5.56. The average Bonchev–Trinajstić information content (AvgIpc) is 3.22. The predicted octanol–water partition coefficient (Wildman–Crippen LogP) is 3.88. The molecule has 3 aromatic rings. The van der Waals surface area contributed by atoms with Gasteiger partial charge in [-0.05, 0) is 31.4 Å². The summed E-state index contributed by atoms with van der Waals surface area (Å²) in [5.41, 5.74) is 1.69. The maximum absolute atomic E-state index is 12.0. The van der Waals surface area contributed by atoms with Crippen molar-refractivity contribution in [1.82, 2.24) is 15.2 Å². The van der Waals surface area contributed by atoms with Crippen LogP contribution in [0.1, 0.15) is 16.6 Å². The second-order valence-corrected chi connectivity index (χ2v) is 7.93. The average molecular weight is 393 g/mol. The van der Waals surface area contributed by atoms with Crippen LogP contribution in [0.3, 0.4) is 0 Å². The SMILES string of the molecule is CSc1cccc(NC(=O)CSc2nnc(Cc3csc(C)n3)o2)c1. The summed E-state index contributed by atoms with van der Waals surface area (Å²) in [5, 5.41) is 14.2. The lowest BCUT2D eigenvalue weighted by atomic mass is 10.3. The molecule has 1 N–H and O–H groups in total. The smallest absolute Gasteiger partial charge is 0.277 e. The van der Waals surface area contributed by atoms with Gasteiger partial charge in [0.2, 0.25) is 11.8 Å². The number of aryl methyl sites for hydroxylation is 1. The van der Waals surface area contributed by atoms with Crippen LogP contribution < -0.4 is 5.32 Å². The Hall–Kier alpha value is -1.84. The molecule has 0 atom stereocenters. The van der Waals surface area contributed by atoms with Gasteiger partial charge >= 0.3 is 0 Å². The van der Waals surface area contributed by atoms with E-state index in [9.17, 15) is 4.79 Å². The molecule has 0 saturated heterocycles. The van der Waals surface area contributed by atoms with Gasteiger partial charge in [-0.25, -0.2) is 4.98 Å². The molecule has 6 nitrogen and oxygen atoms in total. The summed E-state index contributed by atoms with van der Waals surface area (Å²) in [6.07, 6.45) is 2.50. The number of thioether (sulfide) groups is 2. The molecular formula is C16H16N4O2S3. The molecule has 2 heterocycles. The monoisotopic (exact) mass is 392 g/mol. The van der Waals surface area contributed by atoms with E-state index in [0.29, 0.717) is 17.5 Å². The first-order chi connectivity index (χ1) is 12.1. The van der Waals surface area contributed by atoms with Crippen LogP contribution in [0.5, 0.6) is 0 Å². The molecular weight excluding hydrogens is 376 g/mol. The standard InChI is InChI=1S/C16H16N4O2S3/c1-10-17-12(8-24-10)7-15-19-20-16(22-15)25-9-14(21)18-11-4-3-5-13(6-11)23-2/h3-6,8H,7,9H2,1-2H3,(H,18,21). The number of carbonyl (C=O) groups is 1. The first-order valence-corrected chi connectivity index (χ1v) is 10.5. The Morgan fingerprint density at radius 2 is 2.24 bits per heavy atom. The quantitative estimate of drug-likeness (QED) is 0.611. The van der Waals surface area contributed by atoms with Gasteiger partial charge in [0.15, 0.2) is 0 Å². The van der Waals surface area contributed by atoms with Crippen LogP contribution in [0.4, 0.5) is 5.69 Å². The highest BCUT2D eigenvalue weighted by atomic mass is 32.2. The van der Waals surface area contributed by atoms with E-state index in [1.54, 1.807) is 23.1 Å². The lowest BCUT2D eigenvalue weighted by molar-refractivity contribution is -0.113. The number of amides is 1. The number of rotatable bonds is 7. The van der Waals surface area contributed by atoms with Crippen molar-refractivity contribution in [2.75, 3.05) is 17.3 Å². The summed E-state index contributed by atoms with van der Waals surface area (Å²) in [7, 11) is 0. The van der Waals surface area contributed by atoms with Crippen LogP contribution in [0, 0.1) is 6.92 Å². The zero-order valence-electron chi connectivity index (χ0n) is 13.7. The van der Waals surface area contributed by atoms with Gasteiger partial charge in [0, 0.05) is 16.0 Å². The maximum Gasteiger partial charge on any atom is 0.277 e. The number of benzene rings is 1. The summed E-state index contributed by atoms with van der Waals surface area (Å²) in [6, 6.07) is 7.72. The Bertz CT molecular complexity index is 862. The fourth-order valence-corrected chi connectivity index (χ4v) is 3.69. The number of nitrogens with one attached hydrogen (secondary N) is 1. The normalized spacial score (nSPS) is 10.8.